The molecule has 0 aromatic heterocycles. The Balaban J connectivity index is 0.000000260. The molecule has 0 aliphatic heterocycles. The Labute approximate surface area is 133 Å². The lowest BCUT2D eigenvalue weighted by Crippen LogP contribution is -2.12. The summed E-state index contributed by atoms with van der Waals surface area (Å²) < 4.78 is 42.7. The molecule has 0 heterocycles. The van der Waals surface area contributed by atoms with Crippen LogP contribution in [0.4, 0.5) is 0 Å². The second kappa shape index (κ2) is 8.24. The highest BCUT2D eigenvalue weighted by atomic mass is 16.1. The normalized spacial score (nSPS) is 31.5. The lowest BCUT2D eigenvalue weighted by Gasteiger charge is -2.19. The molecule has 0 spiro atoms. The first-order chi connectivity index (χ1) is 11.8. The molecular weight excluding hydrogens is 244 g/mol. The minimum Gasteiger partial charge on any atom is -0.300 e. The van der Waals surface area contributed by atoms with E-state index in [4.69, 9.17) is 8.22 Å². The summed E-state index contributed by atoms with van der Waals surface area (Å²) in [4.78, 5) is 11.3. The Morgan fingerprint density at radius 3 is 2.05 bits per heavy atom. The number of carbonyl (C=O) groups excluding carboxylic acids is 1. The fraction of sp³-hybridized carbons (Fsp3) is 0.632. The van der Waals surface area contributed by atoms with Gasteiger partial charge in [0.05, 0.1) is 0 Å². The first kappa shape index (κ1) is 9.76. The molecule has 112 valence electrons. The van der Waals surface area contributed by atoms with Crippen LogP contribution in [0, 0.1) is 11.8 Å². The predicted octanol–water partition coefficient (Wildman–Crippen LogP) is 5.63. The van der Waals surface area contributed by atoms with Gasteiger partial charge in [0.2, 0.25) is 0 Å². The number of allylic oxidation sites excluding steroid dienone is 5. The highest BCUT2D eigenvalue weighted by molar-refractivity contribution is 5.78. The molecular formula is C19H30O. The van der Waals surface area contributed by atoms with Crippen LogP contribution in [0.5, 0.6) is 0 Å². The molecule has 2 rings (SSSR count). The molecule has 2 aliphatic carbocycles. The molecule has 0 bridgehead atoms. The summed E-state index contributed by atoms with van der Waals surface area (Å²) >= 11 is 0. The van der Waals surface area contributed by atoms with Crippen molar-refractivity contribution in [3.05, 3.63) is 35.5 Å². The van der Waals surface area contributed by atoms with Gasteiger partial charge in [0, 0.05) is 14.1 Å². The molecule has 0 aromatic carbocycles. The molecule has 20 heavy (non-hydrogen) atoms. The standard InChI is InChI=1S/C10H16.C9H14O/c1-8(2)10-6-4-9(3)5-7-10;1-7-3-5-9(6-4-7)8(2)10/h4,10H,1,5-7H2,2-3H3;3,9H,4-6H2,1-2H3/i2*2D3. The van der Waals surface area contributed by atoms with Crippen LogP contribution in [0.2, 0.25) is 0 Å². The van der Waals surface area contributed by atoms with Crippen LogP contribution in [-0.4, -0.2) is 5.78 Å². The average Bonchev–Trinajstić information content (AvgIpc) is 2.54. The van der Waals surface area contributed by atoms with Crippen LogP contribution in [0.25, 0.3) is 0 Å². The van der Waals surface area contributed by atoms with Crippen molar-refractivity contribution in [3.8, 4) is 0 Å². The second-order valence-corrected chi connectivity index (χ2v) is 5.93. The van der Waals surface area contributed by atoms with Crippen molar-refractivity contribution in [2.45, 2.75) is 66.1 Å². The summed E-state index contributed by atoms with van der Waals surface area (Å²) in [5.41, 5.74) is 3.06. The molecule has 0 saturated heterocycles. The zero-order valence-electron chi connectivity index (χ0n) is 18.7. The maximum Gasteiger partial charge on any atom is 0.133 e. The van der Waals surface area contributed by atoms with Crippen LogP contribution < -0.4 is 0 Å². The van der Waals surface area contributed by atoms with E-state index in [0.29, 0.717) is 18.4 Å². The predicted molar refractivity (Wildman–Crippen MR) is 87.7 cm³/mol. The van der Waals surface area contributed by atoms with Gasteiger partial charge >= 0.3 is 0 Å². The van der Waals surface area contributed by atoms with E-state index in [2.05, 4.69) is 19.6 Å². The van der Waals surface area contributed by atoms with Gasteiger partial charge in [0.1, 0.15) is 5.78 Å². The van der Waals surface area contributed by atoms with Gasteiger partial charge in [0.25, 0.3) is 0 Å². The summed E-state index contributed by atoms with van der Waals surface area (Å²) in [6, 6.07) is 0. The monoisotopic (exact) mass is 280 g/mol. The zero-order valence-corrected chi connectivity index (χ0v) is 12.7. The van der Waals surface area contributed by atoms with Crippen LogP contribution in [0.1, 0.15) is 74.3 Å². The average molecular weight is 280 g/mol. The van der Waals surface area contributed by atoms with E-state index in [1.165, 1.54) is 11.1 Å². The Hall–Kier alpha value is -1.11. The van der Waals surface area contributed by atoms with E-state index in [-0.39, 0.29) is 11.8 Å². The lowest BCUT2D eigenvalue weighted by atomic mass is 9.86. The second-order valence-electron chi connectivity index (χ2n) is 5.93. The third kappa shape index (κ3) is 5.90. The Bertz CT molecular complexity index is 528. The SMILES string of the molecule is [2H]C([2H])([2H])C(=C)C1CC=C(C)CC1.[2H]C([2H])([2H])C(=O)C1CC=C(C)CC1. The van der Waals surface area contributed by atoms with Gasteiger partial charge in [-0.15, -0.1) is 0 Å². The van der Waals surface area contributed by atoms with Crippen LogP contribution in [0.3, 0.4) is 0 Å². The Kier molecular flexibility index (Phi) is 4.02. The van der Waals surface area contributed by atoms with Gasteiger partial charge in [-0.3, -0.25) is 4.79 Å². The maximum absolute atomic E-state index is 11.3. The molecule has 2 aliphatic rings. The summed E-state index contributed by atoms with van der Waals surface area (Å²) in [5.74, 6) is -0.691. The largest absolute Gasteiger partial charge is 0.300 e. The van der Waals surface area contributed by atoms with Gasteiger partial charge < -0.3 is 0 Å². The van der Waals surface area contributed by atoms with E-state index in [9.17, 15) is 4.79 Å². The van der Waals surface area contributed by atoms with Crippen LogP contribution >= 0.6 is 0 Å². The van der Waals surface area contributed by atoms with Gasteiger partial charge in [-0.05, 0) is 72.0 Å². The molecule has 0 amide bonds. The fourth-order valence-corrected chi connectivity index (χ4v) is 2.49. The summed E-state index contributed by atoms with van der Waals surface area (Å²) in [6.07, 6.45) is 9.06. The van der Waals surface area contributed by atoms with E-state index in [1.807, 2.05) is 13.0 Å². The number of carbonyl (C=O) groups is 1. The van der Waals surface area contributed by atoms with Crippen LogP contribution in [0.15, 0.2) is 35.5 Å². The molecule has 1 heteroatoms. The van der Waals surface area contributed by atoms with Gasteiger partial charge in [-0.25, -0.2) is 0 Å². The summed E-state index contributed by atoms with van der Waals surface area (Å²) in [7, 11) is 0. The minimum atomic E-state index is -2.41. The Morgan fingerprint density at radius 1 is 1.10 bits per heavy atom. The number of hydrogen-bond acceptors (Lipinski definition) is 1. The smallest absolute Gasteiger partial charge is 0.133 e. The summed E-state index contributed by atoms with van der Waals surface area (Å²) in [6.45, 7) is 3.40. The van der Waals surface area contributed by atoms with Crippen molar-refractivity contribution < 1.29 is 13.0 Å². The fourth-order valence-electron chi connectivity index (χ4n) is 2.49. The molecule has 0 aromatic rings. The van der Waals surface area contributed by atoms with Crippen molar-refractivity contribution in [3.63, 3.8) is 0 Å². The van der Waals surface area contributed by atoms with Crippen molar-refractivity contribution in [1.29, 1.82) is 0 Å². The molecule has 0 radical (unpaired) electrons. The van der Waals surface area contributed by atoms with E-state index in [1.54, 1.807) is 0 Å². The molecule has 1 nitrogen and oxygen atoms in total. The van der Waals surface area contributed by atoms with E-state index >= 15 is 0 Å². The van der Waals surface area contributed by atoms with Gasteiger partial charge in [-0.1, -0.05) is 35.5 Å². The Morgan fingerprint density at radius 2 is 1.65 bits per heavy atom. The first-order valence-electron chi connectivity index (χ1n) is 10.4. The zero-order chi connectivity index (χ0) is 20.1. The first-order valence-corrected chi connectivity index (χ1v) is 7.37. The van der Waals surface area contributed by atoms with Gasteiger partial charge in [0.15, 0.2) is 0 Å². The molecule has 0 N–H and O–H groups in total. The van der Waals surface area contributed by atoms with E-state index in [0.717, 1.165) is 25.7 Å². The highest BCUT2D eigenvalue weighted by Gasteiger charge is 2.15. The number of rotatable bonds is 2. The van der Waals surface area contributed by atoms with Crippen molar-refractivity contribution in [2.24, 2.45) is 11.8 Å². The maximum atomic E-state index is 11.3. The van der Waals surface area contributed by atoms with E-state index < -0.39 is 19.5 Å². The molecule has 0 fully saturated rings. The number of hydrogen-bond donors (Lipinski definition) is 0. The van der Waals surface area contributed by atoms with Crippen molar-refractivity contribution in [1.82, 2.24) is 0 Å². The minimum absolute atomic E-state index is 0.163. The van der Waals surface area contributed by atoms with Gasteiger partial charge in [-0.2, -0.15) is 0 Å². The van der Waals surface area contributed by atoms with Crippen molar-refractivity contribution in [2.75, 3.05) is 0 Å². The molecule has 0 saturated carbocycles. The number of Topliss-reactive ketones (excluding diaryl/α,β-unsaturated/α-hetero) is 1. The van der Waals surface area contributed by atoms with Crippen LogP contribution in [-0.2, 0) is 4.79 Å². The molecule has 2 unspecified atom stereocenters. The summed E-state index contributed by atoms with van der Waals surface area (Å²) in [5, 5.41) is 0. The van der Waals surface area contributed by atoms with Crippen molar-refractivity contribution >= 4 is 5.78 Å². The third-order valence-electron chi connectivity index (χ3n) is 4.14. The topological polar surface area (TPSA) is 17.1 Å². The highest BCUT2D eigenvalue weighted by Crippen LogP contribution is 2.27. The number of ketones is 1. The third-order valence-corrected chi connectivity index (χ3v) is 4.14. The molecule has 2 atom stereocenters. The quantitative estimate of drug-likeness (QED) is 0.599. The lowest BCUT2D eigenvalue weighted by molar-refractivity contribution is -0.120.